The van der Waals surface area contributed by atoms with Gasteiger partial charge in [-0.25, -0.2) is 15.0 Å². The number of nitrogen functional groups attached to an aromatic ring is 1. The molecule has 1 aliphatic heterocycles. The van der Waals surface area contributed by atoms with Crippen LogP contribution in [0.25, 0.3) is 16.6 Å². The monoisotopic (exact) mass is 498 g/mol. The van der Waals surface area contributed by atoms with E-state index in [1.807, 2.05) is 6.07 Å². The van der Waals surface area contributed by atoms with Gasteiger partial charge in [0, 0.05) is 12.2 Å². The van der Waals surface area contributed by atoms with E-state index in [1.165, 1.54) is 6.33 Å². The fraction of sp³-hybridized carbons (Fsp3) is 0.308. The summed E-state index contributed by atoms with van der Waals surface area (Å²) >= 11 is 6.47. The van der Waals surface area contributed by atoms with Gasteiger partial charge in [0.1, 0.15) is 29.6 Å². The summed E-state index contributed by atoms with van der Waals surface area (Å²) in [5.41, 5.74) is 7.21. The lowest BCUT2D eigenvalue weighted by Gasteiger charge is -2.35. The van der Waals surface area contributed by atoms with E-state index < -0.39 is 0 Å². The van der Waals surface area contributed by atoms with Crippen LogP contribution in [-0.4, -0.2) is 30.5 Å². The summed E-state index contributed by atoms with van der Waals surface area (Å²) in [4.78, 5) is 33.9. The first kappa shape index (κ1) is 22.4. The van der Waals surface area contributed by atoms with Crippen molar-refractivity contribution >= 4 is 34.1 Å². The third-order valence-corrected chi connectivity index (χ3v) is 7.69. The largest absolute Gasteiger partial charge is 0.382 e. The second kappa shape index (κ2) is 8.88. The first-order chi connectivity index (χ1) is 17.6. The molecular weight excluding hydrogens is 476 g/mol. The van der Waals surface area contributed by atoms with E-state index in [2.05, 4.69) is 25.9 Å². The topological polar surface area (TPSA) is 127 Å². The molecule has 180 valence electrons. The number of nitrogens with zero attached hydrogens (tertiary/aromatic N) is 7. The van der Waals surface area contributed by atoms with Crippen molar-refractivity contribution in [1.82, 2.24) is 24.5 Å². The molecule has 0 unspecified atom stereocenters. The van der Waals surface area contributed by atoms with Gasteiger partial charge in [-0.1, -0.05) is 30.5 Å². The van der Waals surface area contributed by atoms with Gasteiger partial charge in [0.2, 0.25) is 0 Å². The molecule has 9 nitrogen and oxygen atoms in total. The number of benzene rings is 1. The van der Waals surface area contributed by atoms with Gasteiger partial charge in [-0.05, 0) is 49.4 Å². The third kappa shape index (κ3) is 3.48. The fourth-order valence-corrected chi connectivity index (χ4v) is 6.10. The number of rotatable bonds is 3. The SMILES string of the molecule is N#Cc1c(N)ncnc1N1[C@H](c2nc3cccc(Cl)c3c(=O)n2-c2cccnc2)C[C@@H]2CCCC[C@@H]21. The zero-order valence-electron chi connectivity index (χ0n) is 19.4. The molecule has 6 rings (SSSR count). The van der Waals surface area contributed by atoms with Crippen molar-refractivity contribution in [2.24, 2.45) is 5.92 Å². The average Bonchev–Trinajstić information content (AvgIpc) is 3.28. The van der Waals surface area contributed by atoms with Crippen molar-refractivity contribution < 1.29 is 0 Å². The Morgan fingerprint density at radius 2 is 2.00 bits per heavy atom. The molecule has 1 aromatic carbocycles. The van der Waals surface area contributed by atoms with Crippen LogP contribution in [0.1, 0.15) is 49.5 Å². The van der Waals surface area contributed by atoms with Crippen molar-refractivity contribution in [2.75, 3.05) is 10.6 Å². The smallest absolute Gasteiger partial charge is 0.267 e. The van der Waals surface area contributed by atoms with Crippen LogP contribution in [0.5, 0.6) is 0 Å². The number of nitriles is 1. The molecule has 3 atom stereocenters. The second-order valence-electron chi connectivity index (χ2n) is 9.30. The maximum absolute atomic E-state index is 14.0. The van der Waals surface area contributed by atoms with E-state index in [0.29, 0.717) is 39.2 Å². The van der Waals surface area contributed by atoms with Crippen molar-refractivity contribution in [3.8, 4) is 11.8 Å². The summed E-state index contributed by atoms with van der Waals surface area (Å²) in [6, 6.07) is 10.9. The van der Waals surface area contributed by atoms with Crippen molar-refractivity contribution in [1.29, 1.82) is 5.26 Å². The normalized spacial score (nSPS) is 21.3. The minimum Gasteiger partial charge on any atom is -0.382 e. The number of hydrogen-bond acceptors (Lipinski definition) is 8. The molecule has 10 heteroatoms. The summed E-state index contributed by atoms with van der Waals surface area (Å²) in [6.45, 7) is 0. The third-order valence-electron chi connectivity index (χ3n) is 7.38. The van der Waals surface area contributed by atoms with Crippen molar-refractivity contribution in [3.05, 3.63) is 75.8 Å². The Kier molecular flexibility index (Phi) is 5.53. The Balaban J connectivity index is 1.64. The average molecular weight is 499 g/mol. The van der Waals surface area contributed by atoms with E-state index in [-0.39, 0.29) is 29.0 Å². The number of pyridine rings is 1. The van der Waals surface area contributed by atoms with Crippen molar-refractivity contribution in [2.45, 2.75) is 44.2 Å². The van der Waals surface area contributed by atoms with Gasteiger partial charge in [0.05, 0.1) is 33.9 Å². The number of aromatic nitrogens is 5. The first-order valence-electron chi connectivity index (χ1n) is 12.0. The molecule has 2 fully saturated rings. The number of anilines is 2. The molecule has 0 radical (unpaired) electrons. The zero-order chi connectivity index (χ0) is 24.8. The lowest BCUT2D eigenvalue weighted by molar-refractivity contribution is 0.341. The van der Waals surface area contributed by atoms with Crippen LogP contribution in [0.15, 0.2) is 53.8 Å². The second-order valence-corrected chi connectivity index (χ2v) is 9.70. The van der Waals surface area contributed by atoms with Gasteiger partial charge in [-0.2, -0.15) is 5.26 Å². The number of halogens is 1. The van der Waals surface area contributed by atoms with Crippen molar-refractivity contribution in [3.63, 3.8) is 0 Å². The Hall–Kier alpha value is -4.03. The molecule has 1 saturated heterocycles. The molecule has 1 aliphatic carbocycles. The highest BCUT2D eigenvalue weighted by Gasteiger charge is 2.46. The Morgan fingerprint density at radius 3 is 2.81 bits per heavy atom. The Labute approximate surface area is 212 Å². The van der Waals surface area contributed by atoms with E-state index in [9.17, 15) is 10.1 Å². The molecule has 1 saturated carbocycles. The maximum atomic E-state index is 14.0. The van der Waals surface area contributed by atoms with Gasteiger partial charge in [0.25, 0.3) is 5.56 Å². The highest BCUT2D eigenvalue weighted by atomic mass is 35.5. The summed E-state index contributed by atoms with van der Waals surface area (Å²) in [6.07, 6.45) is 9.74. The van der Waals surface area contributed by atoms with Crippen LogP contribution in [0.3, 0.4) is 0 Å². The molecule has 36 heavy (non-hydrogen) atoms. The molecule has 3 aromatic heterocycles. The predicted molar refractivity (Wildman–Crippen MR) is 137 cm³/mol. The van der Waals surface area contributed by atoms with E-state index in [1.54, 1.807) is 41.2 Å². The highest BCUT2D eigenvalue weighted by Crippen LogP contribution is 2.48. The van der Waals surface area contributed by atoms with Gasteiger partial charge >= 0.3 is 0 Å². The molecular formula is C26H23ClN8O. The Bertz CT molecular complexity index is 1560. The number of nitrogens with two attached hydrogens (primary N) is 1. The predicted octanol–water partition coefficient (Wildman–Crippen LogP) is 4.19. The molecule has 0 bridgehead atoms. The lowest BCUT2D eigenvalue weighted by atomic mass is 9.84. The van der Waals surface area contributed by atoms with E-state index in [0.717, 1.165) is 32.1 Å². The van der Waals surface area contributed by atoms with Crippen LogP contribution in [0, 0.1) is 17.2 Å². The summed E-state index contributed by atoms with van der Waals surface area (Å²) in [5.74, 6) is 1.57. The number of hydrogen-bond donors (Lipinski definition) is 1. The summed E-state index contributed by atoms with van der Waals surface area (Å²) in [5, 5.41) is 10.6. The molecule has 4 aromatic rings. The highest BCUT2D eigenvalue weighted by molar-refractivity contribution is 6.35. The van der Waals surface area contributed by atoms with Gasteiger partial charge in [-0.3, -0.25) is 14.3 Å². The van der Waals surface area contributed by atoms with Crippen LogP contribution in [0.4, 0.5) is 11.6 Å². The Morgan fingerprint density at radius 1 is 1.14 bits per heavy atom. The van der Waals surface area contributed by atoms with E-state index >= 15 is 0 Å². The van der Waals surface area contributed by atoms with Gasteiger partial charge in [0.15, 0.2) is 5.82 Å². The van der Waals surface area contributed by atoms with E-state index in [4.69, 9.17) is 22.3 Å². The quantitative estimate of drug-likeness (QED) is 0.445. The maximum Gasteiger partial charge on any atom is 0.267 e. The van der Waals surface area contributed by atoms with Crippen LogP contribution in [0.2, 0.25) is 5.02 Å². The molecule has 2 aliphatic rings. The van der Waals surface area contributed by atoms with Crippen LogP contribution in [-0.2, 0) is 0 Å². The van der Waals surface area contributed by atoms with Crippen LogP contribution < -0.4 is 16.2 Å². The standard InChI is InChI=1S/C26H23ClN8O/c27-18-7-3-8-19-22(18)26(36)34(16-6-4-10-30-13-16)25(33-19)21-11-15-5-1-2-9-20(15)35(21)24-17(12-28)23(29)31-14-32-24/h3-4,6-8,10,13-15,20-21H,1-2,5,9,11H2,(H2,29,31,32)/t15-,20-,21-/m0/s1. The fourth-order valence-electron chi connectivity index (χ4n) is 5.85. The first-order valence-corrected chi connectivity index (χ1v) is 12.4. The summed E-state index contributed by atoms with van der Waals surface area (Å²) in [7, 11) is 0. The van der Waals surface area contributed by atoms with Gasteiger partial charge in [-0.15, -0.1) is 0 Å². The molecule has 4 heterocycles. The van der Waals surface area contributed by atoms with Gasteiger partial charge < -0.3 is 10.6 Å². The lowest BCUT2D eigenvalue weighted by Crippen LogP contribution is -2.39. The number of fused-ring (bicyclic) bond motifs is 2. The minimum atomic E-state index is -0.309. The zero-order valence-corrected chi connectivity index (χ0v) is 20.1. The molecule has 0 spiro atoms. The summed E-state index contributed by atoms with van der Waals surface area (Å²) < 4.78 is 1.60. The minimum absolute atomic E-state index is 0.142. The molecule has 0 amide bonds. The molecule has 2 N–H and O–H groups in total. The van der Waals surface area contributed by atoms with Crippen LogP contribution >= 0.6 is 11.6 Å².